The maximum Gasteiger partial charge on any atom is 0.0923 e. The molecule has 2 nitrogen and oxygen atoms in total. The van der Waals surface area contributed by atoms with Gasteiger partial charge in [0.1, 0.15) is 0 Å². The highest BCUT2D eigenvalue weighted by Gasteiger charge is 2.43. The second-order valence-corrected chi connectivity index (χ2v) is 5.95. The van der Waals surface area contributed by atoms with Gasteiger partial charge in [-0.05, 0) is 23.6 Å². The van der Waals surface area contributed by atoms with Crippen molar-refractivity contribution in [2.75, 3.05) is 13.1 Å². The summed E-state index contributed by atoms with van der Waals surface area (Å²) in [5, 5.41) is 10.1. The quantitative estimate of drug-likeness (QED) is 0.922. The molecule has 1 N–H and O–H groups in total. The predicted octanol–water partition coefficient (Wildman–Crippen LogP) is 2.65. The molecule has 0 atom stereocenters. The molecule has 0 unspecified atom stereocenters. The van der Waals surface area contributed by atoms with E-state index < -0.39 is 5.60 Å². The average molecular weight is 284 g/mol. The topological polar surface area (TPSA) is 23.5 Å². The van der Waals surface area contributed by atoms with E-state index in [2.05, 4.69) is 58.9 Å². The van der Waals surface area contributed by atoms with Gasteiger partial charge in [-0.2, -0.15) is 0 Å². The zero-order chi connectivity index (χ0) is 11.8. The molecule has 0 aromatic heterocycles. The van der Waals surface area contributed by atoms with Gasteiger partial charge in [-0.3, -0.25) is 4.90 Å². The largest absolute Gasteiger partial charge is 0.387 e. The highest BCUT2D eigenvalue weighted by Crippen LogP contribution is 2.29. The van der Waals surface area contributed by atoms with E-state index in [1.54, 1.807) is 0 Å². The van der Waals surface area contributed by atoms with Crippen LogP contribution in [0.2, 0.25) is 0 Å². The first kappa shape index (κ1) is 12.1. The van der Waals surface area contributed by atoms with E-state index in [9.17, 15) is 5.11 Å². The summed E-state index contributed by atoms with van der Waals surface area (Å²) in [5.74, 6) is 0.341. The number of halogens is 1. The van der Waals surface area contributed by atoms with Gasteiger partial charge in [0.2, 0.25) is 0 Å². The van der Waals surface area contributed by atoms with Crippen molar-refractivity contribution in [2.24, 2.45) is 5.92 Å². The first-order valence-electron chi connectivity index (χ1n) is 5.69. The lowest BCUT2D eigenvalue weighted by Gasteiger charge is -2.49. The van der Waals surface area contributed by atoms with Gasteiger partial charge in [0.05, 0.1) is 5.60 Å². The first-order valence-corrected chi connectivity index (χ1v) is 6.48. The molecule has 0 bridgehead atoms. The van der Waals surface area contributed by atoms with Gasteiger partial charge >= 0.3 is 0 Å². The maximum absolute atomic E-state index is 10.1. The SMILES string of the molecule is CC(C)C1(O)CN(Cc2ccc(Br)cc2)C1. The molecule has 16 heavy (non-hydrogen) atoms. The summed E-state index contributed by atoms with van der Waals surface area (Å²) in [7, 11) is 0. The van der Waals surface area contributed by atoms with E-state index in [0.717, 1.165) is 24.1 Å². The van der Waals surface area contributed by atoms with Crippen LogP contribution in [0.5, 0.6) is 0 Å². The molecule has 1 aromatic rings. The highest BCUT2D eigenvalue weighted by atomic mass is 79.9. The Balaban J connectivity index is 1.88. The smallest absolute Gasteiger partial charge is 0.0923 e. The van der Waals surface area contributed by atoms with Gasteiger partial charge in [0.15, 0.2) is 0 Å². The van der Waals surface area contributed by atoms with Crippen LogP contribution in [0.3, 0.4) is 0 Å². The number of aliphatic hydroxyl groups is 1. The minimum Gasteiger partial charge on any atom is -0.387 e. The Morgan fingerprint density at radius 2 is 1.88 bits per heavy atom. The monoisotopic (exact) mass is 283 g/mol. The van der Waals surface area contributed by atoms with Crippen molar-refractivity contribution in [2.45, 2.75) is 26.0 Å². The van der Waals surface area contributed by atoms with E-state index in [1.807, 2.05) is 0 Å². The number of β-amino-alcohol motifs (C(OH)–C–C–N with tert-alkyl or cyclic N) is 1. The lowest BCUT2D eigenvalue weighted by molar-refractivity contribution is -0.130. The maximum atomic E-state index is 10.1. The van der Waals surface area contributed by atoms with Gasteiger partial charge in [0.25, 0.3) is 0 Å². The standard InChI is InChI=1S/C13H18BrNO/c1-10(2)13(16)8-15(9-13)7-11-3-5-12(14)6-4-11/h3-6,10,16H,7-9H2,1-2H3. The summed E-state index contributed by atoms with van der Waals surface area (Å²) >= 11 is 3.43. The van der Waals surface area contributed by atoms with E-state index in [-0.39, 0.29) is 0 Å². The van der Waals surface area contributed by atoms with Crippen LogP contribution in [0.25, 0.3) is 0 Å². The Bertz CT molecular complexity index is 355. The van der Waals surface area contributed by atoms with Gasteiger partial charge in [-0.25, -0.2) is 0 Å². The molecule has 88 valence electrons. The molecule has 1 aliphatic heterocycles. The molecular formula is C13H18BrNO. The van der Waals surface area contributed by atoms with Crippen molar-refractivity contribution in [3.05, 3.63) is 34.3 Å². The van der Waals surface area contributed by atoms with Crippen molar-refractivity contribution in [3.63, 3.8) is 0 Å². The molecular weight excluding hydrogens is 266 g/mol. The number of hydrogen-bond acceptors (Lipinski definition) is 2. The average Bonchev–Trinajstić information content (AvgIpc) is 2.18. The molecule has 1 heterocycles. The summed E-state index contributed by atoms with van der Waals surface area (Å²) < 4.78 is 1.11. The van der Waals surface area contributed by atoms with Crippen LogP contribution >= 0.6 is 15.9 Å². The second kappa shape index (κ2) is 4.47. The van der Waals surface area contributed by atoms with Gasteiger partial charge < -0.3 is 5.11 Å². The van der Waals surface area contributed by atoms with Crippen LogP contribution in [0.15, 0.2) is 28.7 Å². The highest BCUT2D eigenvalue weighted by molar-refractivity contribution is 9.10. The third-order valence-electron chi connectivity index (χ3n) is 3.39. The van der Waals surface area contributed by atoms with Gasteiger partial charge in [-0.15, -0.1) is 0 Å². The normalized spacial score (nSPS) is 19.8. The van der Waals surface area contributed by atoms with Crippen LogP contribution in [0.4, 0.5) is 0 Å². The van der Waals surface area contributed by atoms with E-state index in [4.69, 9.17) is 0 Å². The van der Waals surface area contributed by atoms with Crippen LogP contribution in [0, 0.1) is 5.92 Å². The Hall–Kier alpha value is -0.380. The second-order valence-electron chi connectivity index (χ2n) is 5.03. The number of benzene rings is 1. The third kappa shape index (κ3) is 2.47. The zero-order valence-electron chi connectivity index (χ0n) is 9.78. The van der Waals surface area contributed by atoms with Crippen LogP contribution in [-0.2, 0) is 6.54 Å². The van der Waals surface area contributed by atoms with E-state index in [1.165, 1.54) is 5.56 Å². The van der Waals surface area contributed by atoms with Gasteiger partial charge in [0, 0.05) is 24.1 Å². The van der Waals surface area contributed by atoms with Crippen LogP contribution < -0.4 is 0 Å². The molecule has 0 radical (unpaired) electrons. The fourth-order valence-corrected chi connectivity index (χ4v) is 2.32. The minimum atomic E-state index is -0.463. The molecule has 0 spiro atoms. The van der Waals surface area contributed by atoms with Crippen molar-refractivity contribution in [1.82, 2.24) is 4.90 Å². The molecule has 1 saturated heterocycles. The molecule has 1 aliphatic rings. The zero-order valence-corrected chi connectivity index (χ0v) is 11.4. The minimum absolute atomic E-state index is 0.341. The first-order chi connectivity index (χ1) is 7.49. The van der Waals surface area contributed by atoms with E-state index in [0.29, 0.717) is 5.92 Å². The Morgan fingerprint density at radius 1 is 1.31 bits per heavy atom. The van der Waals surface area contributed by atoms with Crippen molar-refractivity contribution >= 4 is 15.9 Å². The summed E-state index contributed by atoms with van der Waals surface area (Å²) in [4.78, 5) is 2.28. The molecule has 1 aromatic carbocycles. The lowest BCUT2D eigenvalue weighted by Crippen LogP contribution is -2.63. The number of rotatable bonds is 3. The Labute approximate surface area is 105 Å². The van der Waals surface area contributed by atoms with Crippen LogP contribution in [0.1, 0.15) is 19.4 Å². The van der Waals surface area contributed by atoms with Crippen LogP contribution in [-0.4, -0.2) is 28.7 Å². The molecule has 2 rings (SSSR count). The fourth-order valence-electron chi connectivity index (χ4n) is 2.05. The number of likely N-dealkylation sites (tertiary alicyclic amines) is 1. The van der Waals surface area contributed by atoms with Crippen molar-refractivity contribution < 1.29 is 5.11 Å². The Kier molecular flexibility index (Phi) is 3.38. The molecule has 1 fully saturated rings. The number of hydrogen-bond donors (Lipinski definition) is 1. The van der Waals surface area contributed by atoms with E-state index >= 15 is 0 Å². The molecule has 0 aliphatic carbocycles. The summed E-state index contributed by atoms with van der Waals surface area (Å²) in [6.07, 6.45) is 0. The van der Waals surface area contributed by atoms with Crippen molar-refractivity contribution in [1.29, 1.82) is 0 Å². The predicted molar refractivity (Wildman–Crippen MR) is 69.2 cm³/mol. The fraction of sp³-hybridized carbons (Fsp3) is 0.538. The molecule has 0 saturated carbocycles. The third-order valence-corrected chi connectivity index (χ3v) is 3.92. The molecule has 3 heteroatoms. The summed E-state index contributed by atoms with van der Waals surface area (Å²) in [5.41, 5.74) is 0.837. The summed E-state index contributed by atoms with van der Waals surface area (Å²) in [6, 6.07) is 8.36. The lowest BCUT2D eigenvalue weighted by atomic mass is 9.83. The summed E-state index contributed by atoms with van der Waals surface area (Å²) in [6.45, 7) is 6.68. The van der Waals surface area contributed by atoms with Crippen molar-refractivity contribution in [3.8, 4) is 0 Å². The Morgan fingerprint density at radius 3 is 2.38 bits per heavy atom. The molecule has 0 amide bonds. The number of nitrogens with zero attached hydrogens (tertiary/aromatic N) is 1. The van der Waals surface area contributed by atoms with Gasteiger partial charge in [-0.1, -0.05) is 41.9 Å².